The lowest BCUT2D eigenvalue weighted by Crippen LogP contribution is -2.27. The second-order valence-corrected chi connectivity index (χ2v) is 6.55. The van der Waals surface area contributed by atoms with Crippen molar-refractivity contribution in [2.45, 2.75) is 26.7 Å². The molecule has 0 fully saturated rings. The van der Waals surface area contributed by atoms with Crippen LogP contribution in [0.3, 0.4) is 0 Å². The zero-order chi connectivity index (χ0) is 16.1. The number of aromatic nitrogens is 1. The molecule has 0 bridgehead atoms. The zero-order valence-electron chi connectivity index (χ0n) is 12.6. The van der Waals surface area contributed by atoms with Gasteiger partial charge in [-0.05, 0) is 36.1 Å². The number of Topliss-reactive ketones (excluding diaryl/α,β-unsaturated/α-hetero) is 1. The van der Waals surface area contributed by atoms with Crippen molar-refractivity contribution in [1.82, 2.24) is 4.57 Å². The minimum absolute atomic E-state index is 0.0304. The average molecular weight is 298 g/mol. The summed E-state index contributed by atoms with van der Waals surface area (Å²) in [7, 11) is 0. The van der Waals surface area contributed by atoms with Crippen molar-refractivity contribution in [1.29, 1.82) is 0 Å². The molecule has 0 saturated heterocycles. The molecule has 3 rings (SSSR count). The summed E-state index contributed by atoms with van der Waals surface area (Å²) in [5.41, 5.74) is 7.59. The second-order valence-electron chi connectivity index (χ2n) is 6.55. The number of aromatic hydroxyl groups is 1. The molecule has 0 radical (unpaired) electrons. The molecule has 0 unspecified atom stereocenters. The number of hydrogen-bond donors (Lipinski definition) is 2. The summed E-state index contributed by atoms with van der Waals surface area (Å²) in [6.07, 6.45) is 1.18. The number of rotatable bonds is 2. The molecule has 0 saturated carbocycles. The molecule has 22 heavy (non-hydrogen) atoms. The molecule has 1 aromatic heterocycles. The monoisotopic (exact) mass is 298 g/mol. The smallest absolute Gasteiger partial charge is 0.248 e. The van der Waals surface area contributed by atoms with E-state index in [1.165, 1.54) is 6.07 Å². The van der Waals surface area contributed by atoms with E-state index in [1.54, 1.807) is 28.8 Å². The van der Waals surface area contributed by atoms with Crippen molar-refractivity contribution in [3.05, 3.63) is 47.2 Å². The van der Waals surface area contributed by atoms with Crippen LogP contribution < -0.4 is 5.73 Å². The fourth-order valence-electron chi connectivity index (χ4n) is 3.06. The number of hydrogen-bond acceptors (Lipinski definition) is 3. The van der Waals surface area contributed by atoms with Crippen molar-refractivity contribution in [3.8, 4) is 11.6 Å². The molecule has 1 aromatic carbocycles. The Balaban J connectivity index is 2.12. The lowest BCUT2D eigenvalue weighted by Gasteiger charge is -2.29. The third kappa shape index (κ3) is 2.28. The van der Waals surface area contributed by atoms with E-state index >= 15 is 0 Å². The van der Waals surface area contributed by atoms with E-state index in [0.29, 0.717) is 29.7 Å². The maximum atomic E-state index is 12.3. The molecule has 5 heteroatoms. The number of benzene rings is 1. The highest BCUT2D eigenvalue weighted by atomic mass is 16.3. The van der Waals surface area contributed by atoms with E-state index in [1.807, 2.05) is 13.8 Å². The SMILES string of the molecule is CC1(C)CC(=O)c2cc(O)n(-c3ccc(C(N)=O)cc3)c2C1. The summed E-state index contributed by atoms with van der Waals surface area (Å²) in [6.45, 7) is 4.08. The van der Waals surface area contributed by atoms with Gasteiger partial charge < -0.3 is 10.8 Å². The summed E-state index contributed by atoms with van der Waals surface area (Å²) in [4.78, 5) is 23.4. The van der Waals surface area contributed by atoms with Gasteiger partial charge in [0.25, 0.3) is 0 Å². The van der Waals surface area contributed by atoms with Gasteiger partial charge in [0.05, 0.1) is 0 Å². The number of amides is 1. The number of fused-ring (bicyclic) bond motifs is 1. The number of nitrogens with zero attached hydrogens (tertiary/aromatic N) is 1. The normalized spacial score (nSPS) is 16.4. The fourth-order valence-corrected chi connectivity index (χ4v) is 3.06. The topological polar surface area (TPSA) is 85.3 Å². The molecule has 1 aliphatic rings. The number of carbonyl (C=O) groups excluding carboxylic acids is 2. The van der Waals surface area contributed by atoms with Crippen LogP contribution in [0.25, 0.3) is 5.69 Å². The van der Waals surface area contributed by atoms with Gasteiger partial charge in [0.2, 0.25) is 5.91 Å². The van der Waals surface area contributed by atoms with Gasteiger partial charge in [0, 0.05) is 35.0 Å². The van der Waals surface area contributed by atoms with Crippen LogP contribution in [0.5, 0.6) is 5.88 Å². The van der Waals surface area contributed by atoms with E-state index in [-0.39, 0.29) is 17.1 Å². The summed E-state index contributed by atoms with van der Waals surface area (Å²) in [5.74, 6) is -0.418. The Labute approximate surface area is 128 Å². The Hall–Kier alpha value is -2.56. The molecule has 1 amide bonds. The van der Waals surface area contributed by atoms with Gasteiger partial charge >= 0.3 is 0 Å². The van der Waals surface area contributed by atoms with E-state index in [0.717, 1.165) is 5.69 Å². The highest BCUT2D eigenvalue weighted by molar-refractivity contribution is 5.99. The molecule has 1 heterocycles. The first-order valence-electron chi connectivity index (χ1n) is 7.15. The molecule has 2 aromatic rings. The van der Waals surface area contributed by atoms with Gasteiger partial charge in [0.1, 0.15) is 0 Å². The van der Waals surface area contributed by atoms with Crippen molar-refractivity contribution in [2.75, 3.05) is 0 Å². The summed E-state index contributed by atoms with van der Waals surface area (Å²) < 4.78 is 1.67. The van der Waals surface area contributed by atoms with Crippen LogP contribution in [-0.2, 0) is 6.42 Å². The Morgan fingerprint density at radius 1 is 1.23 bits per heavy atom. The minimum Gasteiger partial charge on any atom is -0.494 e. The molecule has 0 atom stereocenters. The van der Waals surface area contributed by atoms with Gasteiger partial charge in [-0.25, -0.2) is 0 Å². The Kier molecular flexibility index (Phi) is 3.09. The first-order valence-corrected chi connectivity index (χ1v) is 7.15. The van der Waals surface area contributed by atoms with Crippen LogP contribution in [0.4, 0.5) is 0 Å². The average Bonchev–Trinajstić information content (AvgIpc) is 2.74. The molecular formula is C17H18N2O3. The highest BCUT2D eigenvalue weighted by Crippen LogP contribution is 2.39. The highest BCUT2D eigenvalue weighted by Gasteiger charge is 2.34. The maximum absolute atomic E-state index is 12.3. The van der Waals surface area contributed by atoms with Gasteiger partial charge in [-0.2, -0.15) is 0 Å². The number of primary amides is 1. The van der Waals surface area contributed by atoms with E-state index < -0.39 is 5.91 Å². The molecule has 5 nitrogen and oxygen atoms in total. The van der Waals surface area contributed by atoms with E-state index in [9.17, 15) is 14.7 Å². The number of nitrogens with two attached hydrogens (primary N) is 1. The molecular weight excluding hydrogens is 280 g/mol. The van der Waals surface area contributed by atoms with Gasteiger partial charge in [0.15, 0.2) is 11.7 Å². The zero-order valence-corrected chi connectivity index (χ0v) is 12.6. The van der Waals surface area contributed by atoms with Gasteiger partial charge in [-0.3, -0.25) is 14.2 Å². The number of ketones is 1. The molecule has 114 valence electrons. The van der Waals surface area contributed by atoms with Crippen molar-refractivity contribution < 1.29 is 14.7 Å². The van der Waals surface area contributed by atoms with Crippen LogP contribution >= 0.6 is 0 Å². The largest absolute Gasteiger partial charge is 0.494 e. The fraction of sp³-hybridized carbons (Fsp3) is 0.294. The third-order valence-corrected chi connectivity index (χ3v) is 4.08. The predicted molar refractivity (Wildman–Crippen MR) is 82.4 cm³/mol. The quantitative estimate of drug-likeness (QED) is 0.893. The summed E-state index contributed by atoms with van der Waals surface area (Å²) in [6, 6.07) is 8.17. The number of carbonyl (C=O) groups is 2. The van der Waals surface area contributed by atoms with Crippen LogP contribution in [-0.4, -0.2) is 21.4 Å². The van der Waals surface area contributed by atoms with Crippen LogP contribution in [0.2, 0.25) is 0 Å². The molecule has 3 N–H and O–H groups in total. The maximum Gasteiger partial charge on any atom is 0.248 e. The molecule has 1 aliphatic carbocycles. The Bertz CT molecular complexity index is 770. The van der Waals surface area contributed by atoms with Crippen molar-refractivity contribution in [3.63, 3.8) is 0 Å². The first-order chi connectivity index (χ1) is 10.3. The second kappa shape index (κ2) is 4.73. The van der Waals surface area contributed by atoms with E-state index in [4.69, 9.17) is 5.73 Å². The van der Waals surface area contributed by atoms with Crippen molar-refractivity contribution in [2.24, 2.45) is 11.1 Å². The minimum atomic E-state index is -0.499. The van der Waals surface area contributed by atoms with Crippen LogP contribution in [0.15, 0.2) is 30.3 Å². The van der Waals surface area contributed by atoms with Crippen LogP contribution in [0.1, 0.15) is 46.7 Å². The third-order valence-electron chi connectivity index (χ3n) is 4.08. The lowest BCUT2D eigenvalue weighted by atomic mass is 9.76. The standard InChI is InChI=1S/C17H18N2O3/c1-17(2)8-13-12(14(20)9-17)7-15(21)19(13)11-5-3-10(4-6-11)16(18)22/h3-7,21H,8-9H2,1-2H3,(H2,18,22). The Morgan fingerprint density at radius 3 is 2.45 bits per heavy atom. The summed E-state index contributed by atoms with van der Waals surface area (Å²) >= 11 is 0. The van der Waals surface area contributed by atoms with E-state index in [2.05, 4.69) is 0 Å². The molecule has 0 aliphatic heterocycles. The molecule has 0 spiro atoms. The van der Waals surface area contributed by atoms with Crippen LogP contribution in [0, 0.1) is 5.41 Å². The van der Waals surface area contributed by atoms with Gasteiger partial charge in [-0.15, -0.1) is 0 Å². The van der Waals surface area contributed by atoms with Crippen molar-refractivity contribution >= 4 is 11.7 Å². The predicted octanol–water partition coefficient (Wildman–Crippen LogP) is 2.44. The first kappa shape index (κ1) is 14.4. The lowest BCUT2D eigenvalue weighted by molar-refractivity contribution is 0.0910. The Morgan fingerprint density at radius 2 is 1.86 bits per heavy atom. The summed E-state index contributed by atoms with van der Waals surface area (Å²) in [5, 5.41) is 10.2. The van der Waals surface area contributed by atoms with Gasteiger partial charge in [-0.1, -0.05) is 13.8 Å².